The molecule has 6 heteroatoms. The zero-order valence-electron chi connectivity index (χ0n) is 7.49. The number of nitrogens with zero attached hydrogens (tertiary/aromatic N) is 1. The predicted octanol–water partition coefficient (Wildman–Crippen LogP) is 2.86. The first-order chi connectivity index (χ1) is 5.77. The monoisotopic (exact) mass is 388 g/mol. The zero-order valence-corrected chi connectivity index (χ0v) is 12.5. The first-order valence-electron chi connectivity index (χ1n) is 3.51. The Morgan fingerprint density at radius 3 is 2.50 bits per heavy atom. The van der Waals surface area contributed by atoms with Crippen molar-refractivity contribution in [3.63, 3.8) is 0 Å². The van der Waals surface area contributed by atoms with Crippen molar-refractivity contribution >= 4 is 61.5 Å². The molecule has 0 aliphatic carbocycles. The number of aromatic nitrogens is 1. The first-order valence-corrected chi connectivity index (χ1v) is 4.63. The maximum atomic E-state index is 11.1. The van der Waals surface area contributed by atoms with Crippen LogP contribution in [0, 0.1) is 0 Å². The van der Waals surface area contributed by atoms with Crippen LogP contribution < -0.4 is 5.32 Å². The van der Waals surface area contributed by atoms with Gasteiger partial charge in [-0.3, -0.25) is 4.79 Å². The van der Waals surface area contributed by atoms with Crippen molar-refractivity contribution in [3.05, 3.63) is 23.9 Å². The molecule has 0 aromatic carbocycles. The lowest BCUT2D eigenvalue weighted by Gasteiger charge is -1.99. The lowest BCUT2D eigenvalue weighted by Crippen LogP contribution is -2.01. The van der Waals surface area contributed by atoms with Crippen molar-refractivity contribution in [2.75, 3.05) is 17.7 Å². The lowest BCUT2D eigenvalue weighted by atomic mass is 10.2. The number of ketones is 1. The van der Waals surface area contributed by atoms with Crippen molar-refractivity contribution in [1.82, 2.24) is 4.98 Å². The minimum absolute atomic E-state index is 0. The average molecular weight is 391 g/mol. The van der Waals surface area contributed by atoms with Crippen LogP contribution in [-0.4, -0.2) is 23.1 Å². The minimum atomic E-state index is 0. The number of hydrogen-bond donors (Lipinski definition) is 1. The van der Waals surface area contributed by atoms with E-state index in [1.54, 1.807) is 25.4 Å². The summed E-state index contributed by atoms with van der Waals surface area (Å²) >= 11 is 3.09. The van der Waals surface area contributed by atoms with Crippen LogP contribution in [0.3, 0.4) is 0 Å². The number of carbonyl (C=O) groups excluding carboxylic acids is 1. The Bertz CT molecular complexity index is 276. The highest BCUT2D eigenvalue weighted by molar-refractivity contribution is 9.09. The van der Waals surface area contributed by atoms with Gasteiger partial charge in [0.1, 0.15) is 5.82 Å². The van der Waals surface area contributed by atoms with Gasteiger partial charge in [0.2, 0.25) is 0 Å². The maximum absolute atomic E-state index is 11.1. The topological polar surface area (TPSA) is 42.0 Å². The van der Waals surface area contributed by atoms with Crippen molar-refractivity contribution < 1.29 is 4.79 Å². The van der Waals surface area contributed by atoms with Gasteiger partial charge in [-0.05, 0) is 12.1 Å². The third-order valence-corrected chi connectivity index (χ3v) is 1.97. The number of pyridine rings is 1. The third kappa shape index (κ3) is 4.52. The van der Waals surface area contributed by atoms with Crippen LogP contribution in [0.4, 0.5) is 5.82 Å². The van der Waals surface area contributed by atoms with Crippen molar-refractivity contribution in [3.8, 4) is 0 Å². The second-order valence-electron chi connectivity index (χ2n) is 2.24. The largest absolute Gasteiger partial charge is 0.373 e. The molecule has 14 heavy (non-hydrogen) atoms. The molecule has 1 aromatic rings. The highest BCUT2D eigenvalue weighted by Gasteiger charge is 2.02. The molecule has 0 saturated heterocycles. The van der Waals surface area contributed by atoms with Crippen LogP contribution in [0.1, 0.15) is 10.4 Å². The van der Waals surface area contributed by atoms with E-state index in [0.29, 0.717) is 10.9 Å². The van der Waals surface area contributed by atoms with E-state index in [-0.39, 0.29) is 39.7 Å². The number of rotatable bonds is 3. The van der Waals surface area contributed by atoms with Crippen LogP contribution in [0.15, 0.2) is 18.3 Å². The standard InChI is InChI=1S/C8H9BrN2O.2BrH/c1-10-8-3-2-6(5-11-8)7(12)4-9;;/h2-3,5H,4H2,1H3,(H,10,11);2*1H. The fourth-order valence-electron chi connectivity index (χ4n) is 0.784. The summed E-state index contributed by atoms with van der Waals surface area (Å²) < 4.78 is 0. The predicted molar refractivity (Wildman–Crippen MR) is 72.6 cm³/mol. The summed E-state index contributed by atoms with van der Waals surface area (Å²) in [5.41, 5.74) is 0.630. The molecular formula is C8H11Br3N2O. The molecule has 1 rings (SSSR count). The van der Waals surface area contributed by atoms with E-state index >= 15 is 0 Å². The van der Waals surface area contributed by atoms with Gasteiger partial charge in [0.25, 0.3) is 0 Å². The SMILES string of the molecule is Br.Br.CNc1ccc(C(=O)CBr)cn1. The van der Waals surface area contributed by atoms with Gasteiger partial charge in [-0.25, -0.2) is 4.98 Å². The minimum Gasteiger partial charge on any atom is -0.373 e. The molecule has 0 aliphatic rings. The van der Waals surface area contributed by atoms with Crippen LogP contribution in [0.2, 0.25) is 0 Å². The van der Waals surface area contributed by atoms with E-state index in [0.717, 1.165) is 5.82 Å². The summed E-state index contributed by atoms with van der Waals surface area (Å²) in [5, 5.41) is 3.22. The molecule has 0 atom stereocenters. The Kier molecular flexibility index (Phi) is 9.86. The Morgan fingerprint density at radius 2 is 2.14 bits per heavy atom. The van der Waals surface area contributed by atoms with E-state index in [2.05, 4.69) is 26.2 Å². The molecule has 3 nitrogen and oxygen atoms in total. The Morgan fingerprint density at radius 1 is 1.50 bits per heavy atom. The molecular weight excluding hydrogens is 380 g/mol. The molecule has 1 aromatic heterocycles. The molecule has 0 amide bonds. The average Bonchev–Trinajstić information content (AvgIpc) is 2.17. The normalized spacial score (nSPS) is 8.14. The fourth-order valence-corrected chi connectivity index (χ4v) is 1.11. The van der Waals surface area contributed by atoms with Gasteiger partial charge in [0.15, 0.2) is 5.78 Å². The summed E-state index contributed by atoms with van der Waals surface area (Å²) in [6.07, 6.45) is 1.56. The molecule has 0 aliphatic heterocycles. The molecule has 0 fully saturated rings. The number of carbonyl (C=O) groups is 1. The van der Waals surface area contributed by atoms with Crippen molar-refractivity contribution in [2.24, 2.45) is 0 Å². The summed E-state index contributed by atoms with van der Waals surface area (Å²) in [7, 11) is 1.79. The van der Waals surface area contributed by atoms with Crippen LogP contribution >= 0.6 is 49.9 Å². The molecule has 0 saturated carbocycles. The highest BCUT2D eigenvalue weighted by Crippen LogP contribution is 2.05. The van der Waals surface area contributed by atoms with Gasteiger partial charge in [-0.15, -0.1) is 34.0 Å². The Balaban J connectivity index is 0. The smallest absolute Gasteiger partial charge is 0.174 e. The second-order valence-corrected chi connectivity index (χ2v) is 2.80. The van der Waals surface area contributed by atoms with Gasteiger partial charge < -0.3 is 5.32 Å². The number of anilines is 1. The molecule has 0 radical (unpaired) electrons. The van der Waals surface area contributed by atoms with Crippen molar-refractivity contribution in [1.29, 1.82) is 0 Å². The van der Waals surface area contributed by atoms with Gasteiger partial charge in [-0.2, -0.15) is 0 Å². The van der Waals surface area contributed by atoms with Gasteiger partial charge in [-0.1, -0.05) is 15.9 Å². The Hall–Kier alpha value is 0.0600. The number of hydrogen-bond acceptors (Lipinski definition) is 3. The van der Waals surface area contributed by atoms with Gasteiger partial charge in [0, 0.05) is 18.8 Å². The van der Waals surface area contributed by atoms with E-state index in [4.69, 9.17) is 0 Å². The summed E-state index contributed by atoms with van der Waals surface area (Å²) in [6.45, 7) is 0. The molecule has 0 spiro atoms. The van der Waals surface area contributed by atoms with Gasteiger partial charge in [0.05, 0.1) is 5.33 Å². The van der Waals surface area contributed by atoms with E-state index in [9.17, 15) is 4.79 Å². The molecule has 0 unspecified atom stereocenters. The lowest BCUT2D eigenvalue weighted by molar-refractivity contribution is 0.102. The fraction of sp³-hybridized carbons (Fsp3) is 0.250. The zero-order chi connectivity index (χ0) is 8.97. The second kappa shape index (κ2) is 8.38. The molecule has 1 heterocycles. The first kappa shape index (κ1) is 16.5. The molecule has 0 bridgehead atoms. The highest BCUT2D eigenvalue weighted by atomic mass is 79.9. The van der Waals surface area contributed by atoms with Crippen molar-refractivity contribution in [2.45, 2.75) is 0 Å². The molecule has 80 valence electrons. The summed E-state index contributed by atoms with van der Waals surface area (Å²) in [6, 6.07) is 3.53. The molecule has 1 N–H and O–H groups in total. The summed E-state index contributed by atoms with van der Waals surface area (Å²) in [4.78, 5) is 15.1. The van der Waals surface area contributed by atoms with Crippen LogP contribution in [0.25, 0.3) is 0 Å². The summed E-state index contributed by atoms with van der Waals surface area (Å²) in [5.74, 6) is 0.811. The van der Waals surface area contributed by atoms with E-state index < -0.39 is 0 Å². The number of alkyl halides is 1. The number of halogens is 3. The van der Waals surface area contributed by atoms with Crippen LogP contribution in [0.5, 0.6) is 0 Å². The number of Topliss-reactive ketones (excluding diaryl/α,β-unsaturated/α-hetero) is 1. The number of nitrogens with one attached hydrogen (secondary N) is 1. The van der Waals surface area contributed by atoms with Gasteiger partial charge >= 0.3 is 0 Å². The van der Waals surface area contributed by atoms with E-state index in [1.807, 2.05) is 0 Å². The van der Waals surface area contributed by atoms with E-state index in [1.165, 1.54) is 0 Å². The Labute approximate surface area is 112 Å². The quantitative estimate of drug-likeness (QED) is 0.637. The third-order valence-electron chi connectivity index (χ3n) is 1.46. The maximum Gasteiger partial charge on any atom is 0.174 e. The van der Waals surface area contributed by atoms with Crippen LogP contribution in [-0.2, 0) is 0 Å².